The minimum atomic E-state index is 0. The Bertz CT molecular complexity index is 133. The minimum Gasteiger partial charge on any atom is -1.00 e. The number of hydrogen-bond donors (Lipinski definition) is 0. The predicted octanol–water partition coefficient (Wildman–Crippen LogP) is -3.98. The average molecular weight is 380 g/mol. The van der Waals surface area contributed by atoms with Crippen LogP contribution in [0.2, 0.25) is 0 Å². The van der Waals surface area contributed by atoms with Crippen LogP contribution in [0.5, 0.6) is 0 Å². The SMILES string of the molecule is CCCC[N+](CCCC)(CCCC)CCCC.[Br-].[F-].[K+]. The van der Waals surface area contributed by atoms with E-state index in [1.165, 1.54) is 82.0 Å². The van der Waals surface area contributed by atoms with Gasteiger partial charge in [0, 0.05) is 0 Å². The Morgan fingerprint density at radius 3 is 0.900 bits per heavy atom. The molecule has 0 aromatic rings. The Morgan fingerprint density at radius 2 is 0.750 bits per heavy atom. The molecule has 0 amide bonds. The number of halogens is 2. The first-order valence-corrected chi connectivity index (χ1v) is 8.09. The molecule has 0 aliphatic carbocycles. The van der Waals surface area contributed by atoms with Gasteiger partial charge in [0.2, 0.25) is 0 Å². The quantitative estimate of drug-likeness (QED) is 0.239. The second-order valence-corrected chi connectivity index (χ2v) is 5.65. The van der Waals surface area contributed by atoms with E-state index in [-0.39, 0.29) is 73.1 Å². The van der Waals surface area contributed by atoms with Gasteiger partial charge >= 0.3 is 51.4 Å². The van der Waals surface area contributed by atoms with Gasteiger partial charge in [-0.3, -0.25) is 0 Å². The number of quaternary nitrogens is 1. The third kappa shape index (κ3) is 14.9. The van der Waals surface area contributed by atoms with E-state index >= 15 is 0 Å². The summed E-state index contributed by atoms with van der Waals surface area (Å²) in [7, 11) is 0. The summed E-state index contributed by atoms with van der Waals surface area (Å²) < 4.78 is 1.42. The molecule has 4 heteroatoms. The third-order valence-electron chi connectivity index (χ3n) is 3.94. The summed E-state index contributed by atoms with van der Waals surface area (Å²) in [4.78, 5) is 0. The summed E-state index contributed by atoms with van der Waals surface area (Å²) >= 11 is 0. The van der Waals surface area contributed by atoms with Crippen LogP contribution in [0.3, 0.4) is 0 Å². The van der Waals surface area contributed by atoms with Gasteiger partial charge in [0.25, 0.3) is 0 Å². The van der Waals surface area contributed by atoms with Crippen molar-refractivity contribution in [1.29, 1.82) is 0 Å². The van der Waals surface area contributed by atoms with Crippen molar-refractivity contribution < 1.29 is 77.6 Å². The van der Waals surface area contributed by atoms with E-state index in [9.17, 15) is 0 Å². The summed E-state index contributed by atoms with van der Waals surface area (Å²) in [5.74, 6) is 0. The fourth-order valence-corrected chi connectivity index (χ4v) is 2.64. The molecule has 0 unspecified atom stereocenters. The largest absolute Gasteiger partial charge is 1.00 e. The van der Waals surface area contributed by atoms with Gasteiger partial charge in [0.05, 0.1) is 26.2 Å². The Balaban J connectivity index is -0.000000427. The zero-order valence-electron chi connectivity index (χ0n) is 14.7. The molecule has 0 heterocycles. The van der Waals surface area contributed by atoms with Gasteiger partial charge in [-0.15, -0.1) is 0 Å². The summed E-state index contributed by atoms with van der Waals surface area (Å²) in [6.07, 6.45) is 11.1. The number of hydrogen-bond acceptors (Lipinski definition) is 0. The molecule has 0 spiro atoms. The molecule has 20 heavy (non-hydrogen) atoms. The average Bonchev–Trinajstić information content (AvgIpc) is 2.37. The standard InChI is InChI=1S/C16H36N.BrH.FH.K/c1-5-9-13-17(14-10-6-2,15-11-7-3)16-12-8-4;;;/h5-16H2,1-4H3;2*1H;/q+1;;;+1/p-2. The van der Waals surface area contributed by atoms with Crippen LogP contribution < -0.4 is 73.1 Å². The number of nitrogens with zero attached hydrogens (tertiary/aromatic N) is 1. The van der Waals surface area contributed by atoms with E-state index in [0.29, 0.717) is 0 Å². The molecule has 0 radical (unpaired) electrons. The molecule has 0 atom stereocenters. The summed E-state index contributed by atoms with van der Waals surface area (Å²) in [6.45, 7) is 15.0. The van der Waals surface area contributed by atoms with Crippen molar-refractivity contribution in [2.75, 3.05) is 26.2 Å². The summed E-state index contributed by atoms with van der Waals surface area (Å²) in [5, 5.41) is 0. The number of unbranched alkanes of at least 4 members (excludes halogenated alkanes) is 4. The predicted molar refractivity (Wildman–Crippen MR) is 79.4 cm³/mol. The Labute approximate surface area is 180 Å². The Morgan fingerprint density at radius 1 is 0.550 bits per heavy atom. The molecular weight excluding hydrogens is 344 g/mol. The molecule has 0 aliphatic rings. The van der Waals surface area contributed by atoms with E-state index in [1.54, 1.807) is 0 Å². The first-order valence-electron chi connectivity index (χ1n) is 8.09. The molecule has 0 saturated carbocycles. The van der Waals surface area contributed by atoms with Crippen molar-refractivity contribution in [3.8, 4) is 0 Å². The minimum absolute atomic E-state index is 0. The molecule has 0 fully saturated rings. The molecule has 0 rings (SSSR count). The van der Waals surface area contributed by atoms with E-state index in [1.807, 2.05) is 0 Å². The normalized spacial score (nSPS) is 10.2. The van der Waals surface area contributed by atoms with Crippen LogP contribution >= 0.6 is 0 Å². The Hall–Kier alpha value is 2.01. The van der Waals surface area contributed by atoms with E-state index < -0.39 is 0 Å². The van der Waals surface area contributed by atoms with Crippen LogP contribution in [0, 0.1) is 0 Å². The maximum Gasteiger partial charge on any atom is 1.00 e. The van der Waals surface area contributed by atoms with Gasteiger partial charge in [-0.25, -0.2) is 0 Å². The van der Waals surface area contributed by atoms with Gasteiger partial charge in [0.15, 0.2) is 0 Å². The summed E-state index contributed by atoms with van der Waals surface area (Å²) in [6, 6.07) is 0. The second kappa shape index (κ2) is 21.0. The maximum absolute atomic E-state index is 2.33. The third-order valence-corrected chi connectivity index (χ3v) is 3.94. The van der Waals surface area contributed by atoms with Gasteiger partial charge in [-0.1, -0.05) is 53.4 Å². The first-order chi connectivity index (χ1) is 8.24. The van der Waals surface area contributed by atoms with Crippen LogP contribution in [0.1, 0.15) is 79.1 Å². The molecule has 0 aliphatic heterocycles. The zero-order valence-corrected chi connectivity index (χ0v) is 19.4. The topological polar surface area (TPSA) is 0 Å². The fraction of sp³-hybridized carbons (Fsp3) is 1.00. The van der Waals surface area contributed by atoms with Crippen molar-refractivity contribution in [1.82, 2.24) is 0 Å². The molecule has 0 aromatic carbocycles. The van der Waals surface area contributed by atoms with E-state index in [2.05, 4.69) is 27.7 Å². The monoisotopic (exact) mass is 379 g/mol. The van der Waals surface area contributed by atoms with Gasteiger partial charge < -0.3 is 26.2 Å². The van der Waals surface area contributed by atoms with Gasteiger partial charge in [0.1, 0.15) is 0 Å². The molecule has 0 N–H and O–H groups in total. The van der Waals surface area contributed by atoms with Crippen molar-refractivity contribution in [2.24, 2.45) is 0 Å². The molecular formula is C16H36BrFKN. The van der Waals surface area contributed by atoms with Crippen LogP contribution in [0.4, 0.5) is 0 Å². The van der Waals surface area contributed by atoms with Crippen molar-refractivity contribution >= 4 is 0 Å². The molecule has 1 nitrogen and oxygen atoms in total. The first kappa shape index (κ1) is 30.0. The van der Waals surface area contributed by atoms with Crippen LogP contribution in [-0.4, -0.2) is 30.7 Å². The van der Waals surface area contributed by atoms with Crippen molar-refractivity contribution in [3.05, 3.63) is 0 Å². The van der Waals surface area contributed by atoms with Gasteiger partial charge in [-0.05, 0) is 25.7 Å². The molecule has 120 valence electrons. The van der Waals surface area contributed by atoms with Crippen LogP contribution in [-0.2, 0) is 0 Å². The van der Waals surface area contributed by atoms with Crippen molar-refractivity contribution in [3.63, 3.8) is 0 Å². The van der Waals surface area contributed by atoms with Crippen LogP contribution in [0.25, 0.3) is 0 Å². The zero-order chi connectivity index (χ0) is 13.0. The van der Waals surface area contributed by atoms with Gasteiger partial charge in [-0.2, -0.15) is 0 Å². The molecule has 0 bridgehead atoms. The maximum atomic E-state index is 2.33. The van der Waals surface area contributed by atoms with Crippen molar-refractivity contribution in [2.45, 2.75) is 79.1 Å². The fourth-order valence-electron chi connectivity index (χ4n) is 2.64. The molecule has 0 saturated heterocycles. The summed E-state index contributed by atoms with van der Waals surface area (Å²) in [5.41, 5.74) is 0. The smallest absolute Gasteiger partial charge is 1.00 e. The van der Waals surface area contributed by atoms with Crippen LogP contribution in [0.15, 0.2) is 0 Å². The second-order valence-electron chi connectivity index (χ2n) is 5.65. The van der Waals surface area contributed by atoms with E-state index in [4.69, 9.17) is 0 Å². The Kier molecular flexibility index (Phi) is 31.5. The number of rotatable bonds is 12. The van der Waals surface area contributed by atoms with E-state index in [0.717, 1.165) is 0 Å². The molecule has 0 aromatic heterocycles.